The number of nitrogens with one attached hydrogen (secondary N) is 1. The van der Waals surface area contributed by atoms with Crippen LogP contribution in [-0.4, -0.2) is 43.8 Å². The molecule has 2 atom stereocenters. The highest BCUT2D eigenvalue weighted by Crippen LogP contribution is 2.26. The quantitative estimate of drug-likeness (QED) is 0.189. The van der Waals surface area contributed by atoms with Crippen molar-refractivity contribution < 1.29 is 22.4 Å². The Balaban J connectivity index is 1.80. The maximum absolute atomic E-state index is 14.4. The average Bonchev–Trinajstić information content (AvgIpc) is 3.03. The number of hydrogen-bond donors (Lipinski definition) is 1. The summed E-state index contributed by atoms with van der Waals surface area (Å²) in [6.45, 7) is 3.17. The average molecular weight is 636 g/mol. The minimum atomic E-state index is -4.32. The number of halogens is 2. The van der Waals surface area contributed by atoms with E-state index in [9.17, 15) is 22.4 Å². The first-order chi connectivity index (χ1) is 21.1. The summed E-state index contributed by atoms with van der Waals surface area (Å²) >= 11 is 6.52. The van der Waals surface area contributed by atoms with Crippen LogP contribution in [0.25, 0.3) is 0 Å². The van der Waals surface area contributed by atoms with Gasteiger partial charge in [-0.3, -0.25) is 13.9 Å². The molecule has 0 aliphatic rings. The van der Waals surface area contributed by atoms with Crippen LogP contribution in [-0.2, 0) is 32.6 Å². The van der Waals surface area contributed by atoms with Crippen molar-refractivity contribution in [2.24, 2.45) is 0 Å². The lowest BCUT2D eigenvalue weighted by atomic mass is 10.0. The van der Waals surface area contributed by atoms with Gasteiger partial charge in [-0.25, -0.2) is 12.8 Å². The van der Waals surface area contributed by atoms with E-state index in [4.69, 9.17) is 11.6 Å². The van der Waals surface area contributed by atoms with E-state index in [1.807, 2.05) is 44.2 Å². The maximum Gasteiger partial charge on any atom is 0.264 e. The summed E-state index contributed by atoms with van der Waals surface area (Å²) in [7, 11) is -4.32. The standard InChI is InChI=1S/C34H35ClFN3O4S/c1-3-25(2)37-34(41)32(22-26-12-6-4-7-13-26)38(23-27-14-10-11-17-31(27)35)33(40)24-39(29-15-8-5-9-16-29)44(42,43)30-20-18-28(36)19-21-30/h4-21,25,32H,3,22-24H2,1-2H3,(H,37,41)/t25-,32-/m1/s1. The number of hydrogen-bond acceptors (Lipinski definition) is 4. The topological polar surface area (TPSA) is 86.8 Å². The minimum absolute atomic E-state index is 0.0385. The highest BCUT2D eigenvalue weighted by Gasteiger charge is 2.35. The SMILES string of the molecule is CC[C@@H](C)NC(=O)[C@@H](Cc1ccccc1)N(Cc1ccccc1Cl)C(=O)CN(c1ccccc1)S(=O)(=O)c1ccc(F)cc1. The van der Waals surface area contributed by atoms with Crippen molar-refractivity contribution in [2.45, 2.75) is 50.2 Å². The van der Waals surface area contributed by atoms with Crippen molar-refractivity contribution in [3.05, 3.63) is 131 Å². The van der Waals surface area contributed by atoms with Gasteiger partial charge in [-0.1, -0.05) is 85.3 Å². The van der Waals surface area contributed by atoms with E-state index in [1.165, 1.54) is 4.90 Å². The van der Waals surface area contributed by atoms with Crippen LogP contribution in [0.1, 0.15) is 31.4 Å². The summed E-state index contributed by atoms with van der Waals surface area (Å²) in [5.41, 5.74) is 1.67. The molecule has 0 aliphatic carbocycles. The number of anilines is 1. The summed E-state index contributed by atoms with van der Waals surface area (Å²) in [4.78, 5) is 29.5. The predicted molar refractivity (Wildman–Crippen MR) is 171 cm³/mol. The van der Waals surface area contributed by atoms with Crippen LogP contribution in [0.15, 0.2) is 114 Å². The van der Waals surface area contributed by atoms with E-state index in [-0.39, 0.29) is 35.5 Å². The van der Waals surface area contributed by atoms with Crippen molar-refractivity contribution in [3.63, 3.8) is 0 Å². The molecular formula is C34H35ClFN3O4S. The van der Waals surface area contributed by atoms with Gasteiger partial charge in [0, 0.05) is 24.0 Å². The Morgan fingerprint density at radius 2 is 1.45 bits per heavy atom. The summed E-state index contributed by atoms with van der Waals surface area (Å²) < 4.78 is 42.5. The summed E-state index contributed by atoms with van der Waals surface area (Å²) in [6.07, 6.45) is 0.870. The molecule has 1 N–H and O–H groups in total. The zero-order chi connectivity index (χ0) is 31.7. The third-order valence-corrected chi connectivity index (χ3v) is 9.45. The number of carbonyl (C=O) groups excluding carboxylic acids is 2. The molecule has 0 fully saturated rings. The van der Waals surface area contributed by atoms with Gasteiger partial charge in [0.2, 0.25) is 11.8 Å². The smallest absolute Gasteiger partial charge is 0.264 e. The van der Waals surface area contributed by atoms with Gasteiger partial charge in [-0.2, -0.15) is 0 Å². The third kappa shape index (κ3) is 8.24. The molecule has 0 aromatic heterocycles. The van der Waals surface area contributed by atoms with Crippen molar-refractivity contribution >= 4 is 39.1 Å². The van der Waals surface area contributed by atoms with E-state index in [2.05, 4.69) is 5.32 Å². The molecule has 44 heavy (non-hydrogen) atoms. The van der Waals surface area contributed by atoms with E-state index < -0.39 is 34.3 Å². The van der Waals surface area contributed by atoms with Gasteiger partial charge in [0.25, 0.3) is 10.0 Å². The van der Waals surface area contributed by atoms with E-state index in [0.29, 0.717) is 17.0 Å². The van der Waals surface area contributed by atoms with E-state index >= 15 is 0 Å². The fourth-order valence-electron chi connectivity index (χ4n) is 4.66. The Kier molecular flexibility index (Phi) is 11.1. The number of para-hydroxylation sites is 1. The van der Waals surface area contributed by atoms with Gasteiger partial charge in [-0.05, 0) is 66.9 Å². The first-order valence-corrected chi connectivity index (χ1v) is 16.1. The lowest BCUT2D eigenvalue weighted by molar-refractivity contribution is -0.140. The largest absolute Gasteiger partial charge is 0.352 e. The molecule has 0 bridgehead atoms. The lowest BCUT2D eigenvalue weighted by Gasteiger charge is -2.34. The molecular weight excluding hydrogens is 601 g/mol. The first kappa shape index (κ1) is 32.7. The summed E-state index contributed by atoms with van der Waals surface area (Å²) in [5, 5.41) is 3.41. The highest BCUT2D eigenvalue weighted by molar-refractivity contribution is 7.92. The number of benzene rings is 4. The Labute approximate surface area is 263 Å². The van der Waals surface area contributed by atoms with Crippen molar-refractivity contribution in [3.8, 4) is 0 Å². The second-order valence-electron chi connectivity index (χ2n) is 10.4. The van der Waals surface area contributed by atoms with Crippen LogP contribution in [0.2, 0.25) is 5.02 Å². The van der Waals surface area contributed by atoms with E-state index in [1.54, 1.807) is 54.6 Å². The van der Waals surface area contributed by atoms with Gasteiger partial charge in [-0.15, -0.1) is 0 Å². The summed E-state index contributed by atoms with van der Waals surface area (Å²) in [6, 6.07) is 27.8. The molecule has 230 valence electrons. The molecule has 0 heterocycles. The van der Waals surface area contributed by atoms with Crippen LogP contribution >= 0.6 is 11.6 Å². The minimum Gasteiger partial charge on any atom is -0.352 e. The molecule has 4 aromatic carbocycles. The molecule has 2 amide bonds. The highest BCUT2D eigenvalue weighted by atomic mass is 35.5. The van der Waals surface area contributed by atoms with Crippen molar-refractivity contribution in [1.82, 2.24) is 10.2 Å². The Morgan fingerprint density at radius 1 is 0.864 bits per heavy atom. The van der Waals surface area contributed by atoms with Crippen LogP contribution in [0, 0.1) is 5.82 Å². The molecule has 0 radical (unpaired) electrons. The second-order valence-corrected chi connectivity index (χ2v) is 12.7. The molecule has 4 aromatic rings. The van der Waals surface area contributed by atoms with Crippen LogP contribution in [0.5, 0.6) is 0 Å². The first-order valence-electron chi connectivity index (χ1n) is 14.3. The Hall–Kier alpha value is -4.21. The van der Waals surface area contributed by atoms with Gasteiger partial charge >= 0.3 is 0 Å². The molecule has 7 nitrogen and oxygen atoms in total. The fourth-order valence-corrected chi connectivity index (χ4v) is 6.27. The summed E-state index contributed by atoms with van der Waals surface area (Å²) in [5.74, 6) is -1.57. The molecule has 4 rings (SSSR count). The predicted octanol–water partition coefficient (Wildman–Crippen LogP) is 6.23. The fraction of sp³-hybridized carbons (Fsp3) is 0.235. The molecule has 0 aliphatic heterocycles. The number of rotatable bonds is 13. The van der Waals surface area contributed by atoms with Crippen molar-refractivity contribution in [2.75, 3.05) is 10.8 Å². The van der Waals surface area contributed by atoms with Crippen LogP contribution in [0.4, 0.5) is 10.1 Å². The third-order valence-electron chi connectivity index (χ3n) is 7.30. The van der Waals surface area contributed by atoms with Crippen LogP contribution in [0.3, 0.4) is 0 Å². The monoisotopic (exact) mass is 635 g/mol. The second kappa shape index (κ2) is 15.0. The van der Waals surface area contributed by atoms with Crippen molar-refractivity contribution in [1.29, 1.82) is 0 Å². The Bertz CT molecular complexity index is 1660. The van der Waals surface area contributed by atoms with Gasteiger partial charge in [0.1, 0.15) is 18.4 Å². The Morgan fingerprint density at radius 3 is 2.07 bits per heavy atom. The van der Waals surface area contributed by atoms with Gasteiger partial charge in [0.15, 0.2) is 0 Å². The number of amides is 2. The molecule has 10 heteroatoms. The van der Waals surface area contributed by atoms with Gasteiger partial charge < -0.3 is 10.2 Å². The molecule has 0 saturated heterocycles. The normalized spacial score (nSPS) is 12.6. The lowest BCUT2D eigenvalue weighted by Crippen LogP contribution is -2.54. The number of carbonyl (C=O) groups is 2. The zero-order valence-electron chi connectivity index (χ0n) is 24.6. The molecule has 0 spiro atoms. The van der Waals surface area contributed by atoms with E-state index in [0.717, 1.165) is 34.1 Å². The molecule has 0 saturated carbocycles. The number of sulfonamides is 1. The van der Waals surface area contributed by atoms with Gasteiger partial charge in [0.05, 0.1) is 10.6 Å². The maximum atomic E-state index is 14.4. The zero-order valence-corrected chi connectivity index (χ0v) is 26.1. The number of nitrogens with zero attached hydrogens (tertiary/aromatic N) is 2. The molecule has 0 unspecified atom stereocenters. The van der Waals surface area contributed by atoms with Crippen LogP contribution < -0.4 is 9.62 Å².